The average molecular weight is 440 g/mol. The minimum absolute atomic E-state index is 0.102. The van der Waals surface area contributed by atoms with Gasteiger partial charge in [0.05, 0.1) is 10.3 Å². The van der Waals surface area contributed by atoms with E-state index in [1.807, 2.05) is 0 Å². The summed E-state index contributed by atoms with van der Waals surface area (Å²) in [6, 6.07) is 10.6. The van der Waals surface area contributed by atoms with Crippen LogP contribution >= 0.6 is 27.3 Å². The zero-order valence-corrected chi connectivity index (χ0v) is 17.2. The molecular weight excluding hydrogens is 417 g/mol. The summed E-state index contributed by atoms with van der Waals surface area (Å²) in [6.07, 6.45) is 0. The number of thiophene rings is 1. The van der Waals surface area contributed by atoms with Crippen molar-refractivity contribution >= 4 is 33.2 Å². The van der Waals surface area contributed by atoms with Crippen LogP contribution in [0.15, 0.2) is 40.2 Å². The molecule has 7 heteroatoms. The standard InChI is InChI=1S/C19H23BrFN3OS/c1-22(12-15-2-4-16(21)5-3-15)19(25)14-24-10-8-23(9-11-24)13-17-6-7-18(20)26-17/h2-7H,8-14H2,1H3. The van der Waals surface area contributed by atoms with Gasteiger partial charge in [0, 0.05) is 51.2 Å². The van der Waals surface area contributed by atoms with E-state index in [0.717, 1.165) is 38.3 Å². The Labute approximate surface area is 166 Å². The first-order valence-corrected chi connectivity index (χ1v) is 10.3. The molecule has 4 nitrogen and oxygen atoms in total. The van der Waals surface area contributed by atoms with Crippen molar-refractivity contribution in [3.05, 3.63) is 56.4 Å². The highest BCUT2D eigenvalue weighted by Crippen LogP contribution is 2.23. The maximum absolute atomic E-state index is 13.0. The van der Waals surface area contributed by atoms with Gasteiger partial charge in [-0.1, -0.05) is 12.1 Å². The summed E-state index contributed by atoms with van der Waals surface area (Å²) in [4.78, 5) is 20.2. The van der Waals surface area contributed by atoms with E-state index in [2.05, 4.69) is 37.9 Å². The molecule has 1 aromatic heterocycles. The molecule has 1 aliphatic rings. The molecule has 1 fully saturated rings. The van der Waals surface area contributed by atoms with E-state index in [0.29, 0.717) is 13.1 Å². The van der Waals surface area contributed by atoms with E-state index in [9.17, 15) is 9.18 Å². The summed E-state index contributed by atoms with van der Waals surface area (Å²) in [7, 11) is 1.80. The number of piperazine rings is 1. The molecule has 0 unspecified atom stereocenters. The lowest BCUT2D eigenvalue weighted by Crippen LogP contribution is -2.49. The first-order chi connectivity index (χ1) is 12.5. The van der Waals surface area contributed by atoms with Crippen molar-refractivity contribution in [3.8, 4) is 0 Å². The number of benzene rings is 1. The van der Waals surface area contributed by atoms with Crippen LogP contribution in [0.1, 0.15) is 10.4 Å². The van der Waals surface area contributed by atoms with Gasteiger partial charge < -0.3 is 4.90 Å². The van der Waals surface area contributed by atoms with Crippen LogP contribution in [-0.4, -0.2) is 60.4 Å². The predicted octanol–water partition coefficient (Wildman–Crippen LogP) is 3.43. The monoisotopic (exact) mass is 439 g/mol. The Hall–Kier alpha value is -1.28. The Bertz CT molecular complexity index is 729. The van der Waals surface area contributed by atoms with Gasteiger partial charge in [0.1, 0.15) is 5.82 Å². The quantitative estimate of drug-likeness (QED) is 0.689. The number of likely N-dealkylation sites (N-methyl/N-ethyl adjacent to an activating group) is 1. The summed E-state index contributed by atoms with van der Waals surface area (Å²) in [5.74, 6) is -0.152. The second-order valence-corrected chi connectivity index (χ2v) is 9.18. The van der Waals surface area contributed by atoms with Crippen molar-refractivity contribution in [2.75, 3.05) is 39.8 Å². The highest BCUT2D eigenvalue weighted by molar-refractivity contribution is 9.11. The number of halogens is 2. The molecule has 0 radical (unpaired) electrons. The maximum Gasteiger partial charge on any atom is 0.236 e. The van der Waals surface area contributed by atoms with Crippen molar-refractivity contribution in [2.45, 2.75) is 13.1 Å². The van der Waals surface area contributed by atoms with E-state index in [1.165, 1.54) is 20.8 Å². The number of rotatable bonds is 6. The summed E-state index contributed by atoms with van der Waals surface area (Å²) in [5, 5.41) is 0. The maximum atomic E-state index is 13.0. The number of carbonyl (C=O) groups is 1. The first-order valence-electron chi connectivity index (χ1n) is 8.67. The van der Waals surface area contributed by atoms with Crippen LogP contribution in [0.3, 0.4) is 0 Å². The third-order valence-electron chi connectivity index (χ3n) is 4.59. The van der Waals surface area contributed by atoms with E-state index < -0.39 is 0 Å². The second kappa shape index (κ2) is 9.08. The molecule has 1 amide bonds. The number of hydrogen-bond acceptors (Lipinski definition) is 4. The Balaban J connectivity index is 1.41. The first kappa shape index (κ1) is 19.5. The van der Waals surface area contributed by atoms with Crippen LogP contribution in [0, 0.1) is 5.82 Å². The van der Waals surface area contributed by atoms with Crippen molar-refractivity contribution in [3.63, 3.8) is 0 Å². The number of carbonyl (C=O) groups excluding carboxylic acids is 1. The molecule has 140 valence electrons. The molecule has 1 aliphatic heterocycles. The zero-order chi connectivity index (χ0) is 18.5. The van der Waals surface area contributed by atoms with Gasteiger partial charge >= 0.3 is 0 Å². The van der Waals surface area contributed by atoms with Crippen molar-refractivity contribution in [1.82, 2.24) is 14.7 Å². The van der Waals surface area contributed by atoms with Gasteiger partial charge in [-0.25, -0.2) is 4.39 Å². The van der Waals surface area contributed by atoms with Gasteiger partial charge in [-0.3, -0.25) is 14.6 Å². The fourth-order valence-corrected chi connectivity index (χ4v) is 4.55. The van der Waals surface area contributed by atoms with Crippen LogP contribution in [0.4, 0.5) is 4.39 Å². The van der Waals surface area contributed by atoms with Crippen LogP contribution < -0.4 is 0 Å². The largest absolute Gasteiger partial charge is 0.340 e. The molecule has 0 N–H and O–H groups in total. The smallest absolute Gasteiger partial charge is 0.236 e. The van der Waals surface area contributed by atoms with E-state index in [1.54, 1.807) is 35.4 Å². The lowest BCUT2D eigenvalue weighted by Gasteiger charge is -2.34. The van der Waals surface area contributed by atoms with Gasteiger partial charge in [0.15, 0.2) is 0 Å². The van der Waals surface area contributed by atoms with Crippen molar-refractivity contribution < 1.29 is 9.18 Å². The Morgan fingerprint density at radius 2 is 1.77 bits per heavy atom. The van der Waals surface area contributed by atoms with E-state index >= 15 is 0 Å². The molecule has 0 atom stereocenters. The van der Waals surface area contributed by atoms with Gasteiger partial charge in [-0.15, -0.1) is 11.3 Å². The lowest BCUT2D eigenvalue weighted by atomic mass is 10.2. The number of amides is 1. The Kier molecular flexibility index (Phi) is 6.80. The molecule has 0 saturated carbocycles. The molecule has 0 aliphatic carbocycles. The third kappa shape index (κ3) is 5.61. The van der Waals surface area contributed by atoms with Crippen LogP contribution in [0.5, 0.6) is 0 Å². The molecular formula is C19H23BrFN3OS. The molecule has 1 saturated heterocycles. The van der Waals surface area contributed by atoms with Crippen LogP contribution in [-0.2, 0) is 17.9 Å². The van der Waals surface area contributed by atoms with Crippen LogP contribution in [0.2, 0.25) is 0 Å². The van der Waals surface area contributed by atoms with Crippen molar-refractivity contribution in [1.29, 1.82) is 0 Å². The lowest BCUT2D eigenvalue weighted by molar-refractivity contribution is -0.132. The van der Waals surface area contributed by atoms with E-state index in [-0.39, 0.29) is 11.7 Å². The highest BCUT2D eigenvalue weighted by Gasteiger charge is 2.21. The second-order valence-electron chi connectivity index (χ2n) is 6.63. The Morgan fingerprint density at radius 1 is 1.12 bits per heavy atom. The summed E-state index contributed by atoms with van der Waals surface area (Å²) in [5.41, 5.74) is 0.939. The number of hydrogen-bond donors (Lipinski definition) is 0. The van der Waals surface area contributed by atoms with Crippen molar-refractivity contribution in [2.24, 2.45) is 0 Å². The molecule has 2 heterocycles. The van der Waals surface area contributed by atoms with Gasteiger partial charge in [-0.05, 0) is 45.8 Å². The topological polar surface area (TPSA) is 26.8 Å². The van der Waals surface area contributed by atoms with Gasteiger partial charge in [0.25, 0.3) is 0 Å². The normalized spacial score (nSPS) is 16.0. The zero-order valence-electron chi connectivity index (χ0n) is 14.8. The molecule has 1 aromatic carbocycles. The third-order valence-corrected chi connectivity index (χ3v) is 6.20. The minimum atomic E-state index is -0.254. The highest BCUT2D eigenvalue weighted by atomic mass is 79.9. The number of nitrogens with zero attached hydrogens (tertiary/aromatic N) is 3. The molecule has 2 aromatic rings. The fourth-order valence-electron chi connectivity index (χ4n) is 3.03. The van der Waals surface area contributed by atoms with Crippen LogP contribution in [0.25, 0.3) is 0 Å². The SMILES string of the molecule is CN(Cc1ccc(F)cc1)C(=O)CN1CCN(Cc2ccc(Br)s2)CC1. The summed E-state index contributed by atoms with van der Waals surface area (Å²) < 4.78 is 14.1. The molecule has 3 rings (SSSR count). The molecule has 0 spiro atoms. The fraction of sp³-hybridized carbons (Fsp3) is 0.421. The molecule has 0 bridgehead atoms. The average Bonchev–Trinajstić information content (AvgIpc) is 3.03. The van der Waals surface area contributed by atoms with E-state index in [4.69, 9.17) is 0 Å². The Morgan fingerprint density at radius 3 is 2.38 bits per heavy atom. The minimum Gasteiger partial charge on any atom is -0.340 e. The summed E-state index contributed by atoms with van der Waals surface area (Å²) in [6.45, 7) is 5.69. The van der Waals surface area contributed by atoms with Gasteiger partial charge in [-0.2, -0.15) is 0 Å². The predicted molar refractivity (Wildman–Crippen MR) is 107 cm³/mol. The summed E-state index contributed by atoms with van der Waals surface area (Å²) >= 11 is 5.28. The molecule has 26 heavy (non-hydrogen) atoms. The van der Waals surface area contributed by atoms with Gasteiger partial charge in [0.2, 0.25) is 5.91 Å².